The summed E-state index contributed by atoms with van der Waals surface area (Å²) in [6.07, 6.45) is 0. The first-order valence-electron chi connectivity index (χ1n) is 6.20. The van der Waals surface area contributed by atoms with Crippen molar-refractivity contribution in [2.75, 3.05) is 5.32 Å². The van der Waals surface area contributed by atoms with Crippen molar-refractivity contribution in [2.45, 2.75) is 20.4 Å². The van der Waals surface area contributed by atoms with Crippen molar-refractivity contribution in [1.29, 1.82) is 0 Å². The summed E-state index contributed by atoms with van der Waals surface area (Å²) in [5.74, 6) is -0.600. The lowest BCUT2D eigenvalue weighted by Gasteiger charge is -2.10. The average Bonchev–Trinajstić information content (AvgIpc) is 2.39. The van der Waals surface area contributed by atoms with Crippen LogP contribution in [0.3, 0.4) is 0 Å². The number of hydrogen-bond acceptors (Lipinski definition) is 3. The van der Waals surface area contributed by atoms with Crippen molar-refractivity contribution in [1.82, 2.24) is 0 Å². The van der Waals surface area contributed by atoms with E-state index in [1.54, 1.807) is 0 Å². The van der Waals surface area contributed by atoms with Crippen LogP contribution in [0.25, 0.3) is 0 Å². The average molecular weight is 274 g/mol. The Balaban J connectivity index is 2.18. The molecule has 0 bridgehead atoms. The molecule has 0 aliphatic heterocycles. The van der Waals surface area contributed by atoms with Crippen LogP contribution >= 0.6 is 0 Å². The number of nitro benzene ring substituents is 1. The zero-order valence-electron chi connectivity index (χ0n) is 11.3. The Kier molecular flexibility index (Phi) is 3.98. The van der Waals surface area contributed by atoms with Gasteiger partial charge in [-0.05, 0) is 42.7 Å². The summed E-state index contributed by atoms with van der Waals surface area (Å²) in [5.41, 5.74) is 3.43. The zero-order valence-corrected chi connectivity index (χ0v) is 11.3. The van der Waals surface area contributed by atoms with E-state index in [9.17, 15) is 14.5 Å². The van der Waals surface area contributed by atoms with Crippen LogP contribution in [0, 0.1) is 29.8 Å². The number of nitro groups is 1. The Bertz CT molecular complexity index is 656. The van der Waals surface area contributed by atoms with Gasteiger partial charge in [0, 0.05) is 18.3 Å². The van der Waals surface area contributed by atoms with Gasteiger partial charge >= 0.3 is 0 Å². The molecule has 4 nitrogen and oxygen atoms in total. The molecule has 5 heteroatoms. The van der Waals surface area contributed by atoms with Crippen LogP contribution in [0.15, 0.2) is 36.4 Å². The van der Waals surface area contributed by atoms with E-state index in [2.05, 4.69) is 5.32 Å². The van der Waals surface area contributed by atoms with Gasteiger partial charge in [0.25, 0.3) is 5.69 Å². The Hall–Kier alpha value is -2.43. The number of halogens is 1. The summed E-state index contributed by atoms with van der Waals surface area (Å²) in [7, 11) is 0. The van der Waals surface area contributed by atoms with E-state index in [0.29, 0.717) is 12.1 Å². The fraction of sp³-hybridized carbons (Fsp3) is 0.200. The number of nitrogens with zero attached hydrogens (tertiary/aromatic N) is 1. The van der Waals surface area contributed by atoms with Gasteiger partial charge in [0.1, 0.15) is 5.82 Å². The number of non-ortho nitro benzene ring substituents is 1. The lowest BCUT2D eigenvalue weighted by atomic mass is 10.1. The van der Waals surface area contributed by atoms with Gasteiger partial charge in [0.05, 0.1) is 11.0 Å². The molecule has 0 saturated heterocycles. The van der Waals surface area contributed by atoms with Gasteiger partial charge in [0.15, 0.2) is 0 Å². The molecule has 2 aromatic rings. The van der Waals surface area contributed by atoms with E-state index in [-0.39, 0.29) is 5.69 Å². The highest BCUT2D eigenvalue weighted by atomic mass is 19.1. The molecular weight excluding hydrogens is 259 g/mol. The molecule has 0 spiro atoms. The van der Waals surface area contributed by atoms with E-state index < -0.39 is 10.7 Å². The number of benzene rings is 2. The van der Waals surface area contributed by atoms with Crippen molar-refractivity contribution in [3.63, 3.8) is 0 Å². The molecule has 0 amide bonds. The highest BCUT2D eigenvalue weighted by Crippen LogP contribution is 2.20. The van der Waals surface area contributed by atoms with Crippen molar-refractivity contribution >= 4 is 11.4 Å². The van der Waals surface area contributed by atoms with Crippen LogP contribution in [0.2, 0.25) is 0 Å². The van der Waals surface area contributed by atoms with Crippen LogP contribution in [-0.4, -0.2) is 4.92 Å². The first-order chi connectivity index (χ1) is 9.45. The van der Waals surface area contributed by atoms with E-state index in [0.717, 1.165) is 22.9 Å². The van der Waals surface area contributed by atoms with E-state index in [1.807, 2.05) is 32.0 Å². The summed E-state index contributed by atoms with van der Waals surface area (Å²) in [5, 5.41) is 13.9. The maximum Gasteiger partial charge on any atom is 0.272 e. The molecule has 0 heterocycles. The molecule has 0 radical (unpaired) electrons. The molecule has 0 aliphatic carbocycles. The SMILES string of the molecule is Cc1ccc(C)c(NCc2cc(F)cc([N+](=O)[O-])c2)c1. The van der Waals surface area contributed by atoms with Gasteiger partial charge in [0.2, 0.25) is 0 Å². The minimum atomic E-state index is -0.600. The lowest BCUT2D eigenvalue weighted by Crippen LogP contribution is -2.02. The number of hydrogen-bond donors (Lipinski definition) is 1. The molecule has 0 atom stereocenters. The summed E-state index contributed by atoms with van der Waals surface area (Å²) in [4.78, 5) is 10.1. The number of anilines is 1. The van der Waals surface area contributed by atoms with Crippen molar-refractivity contribution in [2.24, 2.45) is 0 Å². The van der Waals surface area contributed by atoms with Gasteiger partial charge in [-0.2, -0.15) is 0 Å². The van der Waals surface area contributed by atoms with E-state index in [4.69, 9.17) is 0 Å². The first kappa shape index (κ1) is 14.0. The first-order valence-corrected chi connectivity index (χ1v) is 6.20. The normalized spacial score (nSPS) is 10.3. The number of nitrogens with one attached hydrogen (secondary N) is 1. The van der Waals surface area contributed by atoms with Crippen LogP contribution in [-0.2, 0) is 6.54 Å². The molecular formula is C15H15FN2O2. The zero-order chi connectivity index (χ0) is 14.7. The third kappa shape index (κ3) is 3.32. The quantitative estimate of drug-likeness (QED) is 0.678. The second kappa shape index (κ2) is 5.69. The summed E-state index contributed by atoms with van der Waals surface area (Å²) in [6.45, 7) is 4.29. The minimum Gasteiger partial charge on any atom is -0.381 e. The van der Waals surface area contributed by atoms with Crippen LogP contribution in [0.1, 0.15) is 16.7 Å². The highest BCUT2D eigenvalue weighted by Gasteiger charge is 2.09. The molecule has 104 valence electrons. The summed E-state index contributed by atoms with van der Waals surface area (Å²) in [6, 6.07) is 9.58. The third-order valence-corrected chi connectivity index (χ3v) is 3.03. The second-order valence-electron chi connectivity index (χ2n) is 4.75. The maximum absolute atomic E-state index is 13.3. The molecule has 0 aliphatic rings. The fourth-order valence-corrected chi connectivity index (χ4v) is 1.96. The van der Waals surface area contributed by atoms with Crippen LogP contribution in [0.5, 0.6) is 0 Å². The van der Waals surface area contributed by atoms with Gasteiger partial charge in [-0.25, -0.2) is 4.39 Å². The monoisotopic (exact) mass is 274 g/mol. The van der Waals surface area contributed by atoms with E-state index >= 15 is 0 Å². The lowest BCUT2D eigenvalue weighted by molar-refractivity contribution is -0.385. The topological polar surface area (TPSA) is 55.2 Å². The van der Waals surface area contributed by atoms with Gasteiger partial charge in [-0.15, -0.1) is 0 Å². The number of rotatable bonds is 4. The Morgan fingerprint density at radius 3 is 2.65 bits per heavy atom. The minimum absolute atomic E-state index is 0.234. The smallest absolute Gasteiger partial charge is 0.272 e. The van der Waals surface area contributed by atoms with Crippen LogP contribution < -0.4 is 5.32 Å². The largest absolute Gasteiger partial charge is 0.381 e. The Labute approximate surface area is 116 Å². The summed E-state index contributed by atoms with van der Waals surface area (Å²) >= 11 is 0. The van der Waals surface area contributed by atoms with Crippen molar-refractivity contribution in [3.8, 4) is 0 Å². The molecule has 0 fully saturated rings. The molecule has 1 N–H and O–H groups in total. The van der Waals surface area contributed by atoms with Gasteiger partial charge in [-0.3, -0.25) is 10.1 Å². The van der Waals surface area contributed by atoms with E-state index in [1.165, 1.54) is 12.1 Å². The third-order valence-electron chi connectivity index (χ3n) is 3.03. The maximum atomic E-state index is 13.3. The second-order valence-corrected chi connectivity index (χ2v) is 4.75. The molecule has 0 aromatic heterocycles. The molecule has 2 rings (SSSR count). The molecule has 0 saturated carbocycles. The predicted octanol–water partition coefficient (Wildman–Crippen LogP) is 3.96. The van der Waals surface area contributed by atoms with Gasteiger partial charge < -0.3 is 5.32 Å². The fourth-order valence-electron chi connectivity index (χ4n) is 1.96. The molecule has 2 aromatic carbocycles. The molecule has 20 heavy (non-hydrogen) atoms. The predicted molar refractivity (Wildman–Crippen MR) is 76.3 cm³/mol. The Morgan fingerprint density at radius 2 is 1.95 bits per heavy atom. The standard InChI is InChI=1S/C15H15FN2O2/c1-10-3-4-11(2)15(5-10)17-9-12-6-13(16)8-14(7-12)18(19)20/h3-8,17H,9H2,1-2H3. The van der Waals surface area contributed by atoms with Crippen LogP contribution in [0.4, 0.5) is 15.8 Å². The highest BCUT2D eigenvalue weighted by molar-refractivity contribution is 5.53. The van der Waals surface area contributed by atoms with Crippen molar-refractivity contribution < 1.29 is 9.31 Å². The Morgan fingerprint density at radius 1 is 1.20 bits per heavy atom. The number of aryl methyl sites for hydroxylation is 2. The molecule has 0 unspecified atom stereocenters. The summed E-state index contributed by atoms with van der Waals surface area (Å²) < 4.78 is 13.3. The van der Waals surface area contributed by atoms with Gasteiger partial charge in [-0.1, -0.05) is 12.1 Å². The van der Waals surface area contributed by atoms with Crippen molar-refractivity contribution in [3.05, 3.63) is 69.0 Å².